The standard InChI is InChI=1S/C16H12Cl2N2O/c1-9-12(3-2-4-13(9)18)15-14(16(19)21-20-15)10-5-7-11(17)8-6-10/h2-8H,19H2,1H3. The number of anilines is 1. The molecule has 0 radical (unpaired) electrons. The Kier molecular flexibility index (Phi) is 3.62. The summed E-state index contributed by atoms with van der Waals surface area (Å²) in [6.45, 7) is 1.94. The van der Waals surface area contributed by atoms with Crippen molar-refractivity contribution in [2.24, 2.45) is 0 Å². The van der Waals surface area contributed by atoms with E-state index in [-0.39, 0.29) is 5.88 Å². The molecule has 3 aromatic rings. The summed E-state index contributed by atoms with van der Waals surface area (Å²) in [5.41, 5.74) is 10.1. The highest BCUT2D eigenvalue weighted by atomic mass is 35.5. The highest BCUT2D eigenvalue weighted by molar-refractivity contribution is 6.31. The van der Waals surface area contributed by atoms with Crippen molar-refractivity contribution in [3.8, 4) is 22.4 Å². The summed E-state index contributed by atoms with van der Waals surface area (Å²) in [5, 5.41) is 5.43. The maximum absolute atomic E-state index is 6.18. The number of rotatable bonds is 2. The maximum atomic E-state index is 6.18. The second kappa shape index (κ2) is 5.43. The van der Waals surface area contributed by atoms with Crippen LogP contribution in [0.4, 0.5) is 5.88 Å². The van der Waals surface area contributed by atoms with E-state index in [2.05, 4.69) is 5.16 Å². The molecule has 0 unspecified atom stereocenters. The number of halogens is 2. The minimum Gasteiger partial charge on any atom is -0.367 e. The van der Waals surface area contributed by atoms with E-state index in [0.717, 1.165) is 22.3 Å². The lowest BCUT2D eigenvalue weighted by atomic mass is 9.98. The molecule has 0 saturated heterocycles. The van der Waals surface area contributed by atoms with Crippen LogP contribution >= 0.6 is 23.2 Å². The van der Waals surface area contributed by atoms with Gasteiger partial charge in [-0.1, -0.05) is 52.6 Å². The molecule has 0 atom stereocenters. The fraction of sp³-hybridized carbons (Fsp3) is 0.0625. The number of nitrogens with zero attached hydrogens (tertiary/aromatic N) is 1. The summed E-state index contributed by atoms with van der Waals surface area (Å²) in [6, 6.07) is 13.0. The van der Waals surface area contributed by atoms with Gasteiger partial charge >= 0.3 is 0 Å². The normalized spacial score (nSPS) is 10.8. The number of benzene rings is 2. The Morgan fingerprint density at radius 3 is 2.48 bits per heavy atom. The van der Waals surface area contributed by atoms with Crippen molar-refractivity contribution in [1.29, 1.82) is 0 Å². The minimum absolute atomic E-state index is 0.270. The Morgan fingerprint density at radius 2 is 1.76 bits per heavy atom. The zero-order valence-corrected chi connectivity index (χ0v) is 12.7. The number of aromatic nitrogens is 1. The third-order valence-corrected chi connectivity index (χ3v) is 4.04. The van der Waals surface area contributed by atoms with Crippen molar-refractivity contribution in [1.82, 2.24) is 5.16 Å². The van der Waals surface area contributed by atoms with Crippen LogP contribution in [0.5, 0.6) is 0 Å². The smallest absolute Gasteiger partial charge is 0.230 e. The van der Waals surface area contributed by atoms with Gasteiger partial charge in [0.05, 0.1) is 5.56 Å². The van der Waals surface area contributed by atoms with Crippen molar-refractivity contribution < 1.29 is 4.52 Å². The average molecular weight is 319 g/mol. The molecule has 106 valence electrons. The summed E-state index contributed by atoms with van der Waals surface area (Å²) in [6.07, 6.45) is 0. The Morgan fingerprint density at radius 1 is 1.05 bits per heavy atom. The van der Waals surface area contributed by atoms with Gasteiger partial charge in [-0.15, -0.1) is 0 Å². The minimum atomic E-state index is 0.270. The lowest BCUT2D eigenvalue weighted by Gasteiger charge is -2.07. The van der Waals surface area contributed by atoms with Gasteiger partial charge in [0.2, 0.25) is 5.88 Å². The monoisotopic (exact) mass is 318 g/mol. The Bertz CT molecular complexity index is 795. The molecule has 0 aliphatic carbocycles. The number of nitrogen functional groups attached to an aromatic ring is 1. The van der Waals surface area contributed by atoms with E-state index >= 15 is 0 Å². The van der Waals surface area contributed by atoms with Gasteiger partial charge in [0.1, 0.15) is 5.69 Å². The Balaban J connectivity index is 2.22. The largest absolute Gasteiger partial charge is 0.367 e. The quantitative estimate of drug-likeness (QED) is 0.706. The highest BCUT2D eigenvalue weighted by Crippen LogP contribution is 2.38. The van der Waals surface area contributed by atoms with Crippen LogP contribution < -0.4 is 5.73 Å². The molecule has 0 aliphatic heterocycles. The second-order valence-electron chi connectivity index (χ2n) is 4.69. The molecule has 0 amide bonds. The third-order valence-electron chi connectivity index (χ3n) is 3.37. The molecule has 1 aromatic heterocycles. The van der Waals surface area contributed by atoms with E-state index in [4.69, 9.17) is 33.5 Å². The van der Waals surface area contributed by atoms with E-state index in [9.17, 15) is 0 Å². The molecule has 0 fully saturated rings. The van der Waals surface area contributed by atoms with Crippen LogP contribution in [0.15, 0.2) is 47.0 Å². The summed E-state index contributed by atoms with van der Waals surface area (Å²) in [7, 11) is 0. The van der Waals surface area contributed by atoms with E-state index in [0.29, 0.717) is 15.7 Å². The first kappa shape index (κ1) is 14.0. The summed E-state index contributed by atoms with van der Waals surface area (Å²) in [5.74, 6) is 0.270. The van der Waals surface area contributed by atoms with Gasteiger partial charge in [-0.2, -0.15) is 0 Å². The lowest BCUT2D eigenvalue weighted by molar-refractivity contribution is 0.439. The molecule has 2 aromatic carbocycles. The first-order valence-corrected chi connectivity index (χ1v) is 7.10. The van der Waals surface area contributed by atoms with Crippen LogP contribution in [0.3, 0.4) is 0 Å². The molecular weight excluding hydrogens is 307 g/mol. The fourth-order valence-electron chi connectivity index (χ4n) is 2.25. The van der Waals surface area contributed by atoms with Gasteiger partial charge in [-0.05, 0) is 36.2 Å². The number of hydrogen-bond donors (Lipinski definition) is 1. The highest BCUT2D eigenvalue weighted by Gasteiger charge is 2.19. The number of hydrogen-bond acceptors (Lipinski definition) is 3. The molecule has 0 saturated carbocycles. The van der Waals surface area contributed by atoms with Crippen LogP contribution in [-0.4, -0.2) is 5.16 Å². The van der Waals surface area contributed by atoms with E-state index in [1.807, 2.05) is 37.3 Å². The first-order valence-electron chi connectivity index (χ1n) is 6.34. The zero-order valence-electron chi connectivity index (χ0n) is 11.2. The molecular formula is C16H12Cl2N2O. The van der Waals surface area contributed by atoms with Crippen molar-refractivity contribution in [3.05, 3.63) is 58.1 Å². The zero-order chi connectivity index (χ0) is 15.0. The van der Waals surface area contributed by atoms with Gasteiger partial charge in [-0.25, -0.2) is 0 Å². The second-order valence-corrected chi connectivity index (χ2v) is 5.53. The maximum Gasteiger partial charge on any atom is 0.230 e. The van der Waals surface area contributed by atoms with E-state index < -0.39 is 0 Å². The van der Waals surface area contributed by atoms with Crippen molar-refractivity contribution in [2.45, 2.75) is 6.92 Å². The topological polar surface area (TPSA) is 52.0 Å². The van der Waals surface area contributed by atoms with Crippen molar-refractivity contribution >= 4 is 29.1 Å². The molecule has 1 heterocycles. The summed E-state index contributed by atoms with van der Waals surface area (Å²) in [4.78, 5) is 0. The van der Waals surface area contributed by atoms with Crippen LogP contribution in [0.25, 0.3) is 22.4 Å². The predicted octanol–water partition coefficient (Wildman–Crippen LogP) is 5.21. The van der Waals surface area contributed by atoms with Gasteiger partial charge < -0.3 is 10.3 Å². The molecule has 5 heteroatoms. The molecule has 3 nitrogen and oxygen atoms in total. The average Bonchev–Trinajstić information content (AvgIpc) is 2.85. The van der Waals surface area contributed by atoms with E-state index in [1.165, 1.54) is 0 Å². The van der Waals surface area contributed by atoms with Crippen molar-refractivity contribution in [2.75, 3.05) is 5.73 Å². The van der Waals surface area contributed by atoms with Crippen LogP contribution in [0.2, 0.25) is 10.0 Å². The van der Waals surface area contributed by atoms with Crippen LogP contribution in [-0.2, 0) is 0 Å². The van der Waals surface area contributed by atoms with Gasteiger partial charge in [-0.3, -0.25) is 0 Å². The molecule has 2 N–H and O–H groups in total. The predicted molar refractivity (Wildman–Crippen MR) is 86.5 cm³/mol. The molecule has 3 rings (SSSR count). The molecule has 0 spiro atoms. The Labute approximate surface area is 132 Å². The Hall–Kier alpha value is -1.97. The first-order chi connectivity index (χ1) is 10.1. The van der Waals surface area contributed by atoms with Gasteiger partial charge in [0.25, 0.3) is 0 Å². The summed E-state index contributed by atoms with van der Waals surface area (Å²) < 4.78 is 5.18. The number of nitrogens with two attached hydrogens (primary N) is 1. The SMILES string of the molecule is Cc1c(Cl)cccc1-c1noc(N)c1-c1ccc(Cl)cc1. The lowest BCUT2D eigenvalue weighted by Crippen LogP contribution is -1.90. The van der Waals surface area contributed by atoms with Gasteiger partial charge in [0.15, 0.2) is 0 Å². The van der Waals surface area contributed by atoms with Gasteiger partial charge in [0, 0.05) is 15.6 Å². The molecule has 0 bridgehead atoms. The van der Waals surface area contributed by atoms with Crippen molar-refractivity contribution in [3.63, 3.8) is 0 Å². The third kappa shape index (κ3) is 2.50. The van der Waals surface area contributed by atoms with Crippen LogP contribution in [0.1, 0.15) is 5.56 Å². The van der Waals surface area contributed by atoms with E-state index in [1.54, 1.807) is 12.1 Å². The summed E-state index contributed by atoms with van der Waals surface area (Å²) >= 11 is 12.1. The molecule has 21 heavy (non-hydrogen) atoms. The fourth-order valence-corrected chi connectivity index (χ4v) is 2.55. The molecule has 0 aliphatic rings. The van der Waals surface area contributed by atoms with Crippen LogP contribution in [0, 0.1) is 6.92 Å².